The Kier molecular flexibility index (Phi) is 4.31. The minimum absolute atomic E-state index is 0.0267. The highest BCUT2D eigenvalue weighted by molar-refractivity contribution is 9.11. The standard InChI is InChI=1S/C13H12Br2N2/c14-10-6-11(15)13(17-8-10)7-12(16)9-4-2-1-3-5-9/h1-6,8,12H,7,16H2. The molecular weight excluding hydrogens is 344 g/mol. The van der Waals surface area contributed by atoms with E-state index in [1.807, 2.05) is 36.4 Å². The van der Waals surface area contributed by atoms with Crippen molar-refractivity contribution in [1.29, 1.82) is 0 Å². The Bertz CT molecular complexity index is 500. The summed E-state index contributed by atoms with van der Waals surface area (Å²) < 4.78 is 1.94. The van der Waals surface area contributed by atoms with Gasteiger partial charge in [-0.3, -0.25) is 4.98 Å². The summed E-state index contributed by atoms with van der Waals surface area (Å²) in [6, 6.07) is 12.0. The Hall–Kier alpha value is -0.710. The fourth-order valence-corrected chi connectivity index (χ4v) is 2.77. The van der Waals surface area contributed by atoms with Crippen LogP contribution in [0.25, 0.3) is 0 Å². The molecule has 1 aromatic heterocycles. The average molecular weight is 356 g/mol. The van der Waals surface area contributed by atoms with Crippen LogP contribution in [-0.4, -0.2) is 4.98 Å². The summed E-state index contributed by atoms with van der Waals surface area (Å²) in [6.07, 6.45) is 2.51. The number of nitrogens with zero attached hydrogens (tertiary/aromatic N) is 1. The first-order valence-corrected chi connectivity index (χ1v) is 6.86. The van der Waals surface area contributed by atoms with Crippen LogP contribution >= 0.6 is 31.9 Å². The van der Waals surface area contributed by atoms with Gasteiger partial charge >= 0.3 is 0 Å². The lowest BCUT2D eigenvalue weighted by Crippen LogP contribution is -2.14. The second-order valence-electron chi connectivity index (χ2n) is 3.80. The third-order valence-electron chi connectivity index (χ3n) is 2.53. The molecule has 2 nitrogen and oxygen atoms in total. The fourth-order valence-electron chi connectivity index (χ4n) is 1.62. The lowest BCUT2D eigenvalue weighted by Gasteiger charge is -2.12. The van der Waals surface area contributed by atoms with Crippen LogP contribution < -0.4 is 5.73 Å². The van der Waals surface area contributed by atoms with Crippen molar-refractivity contribution in [2.45, 2.75) is 12.5 Å². The monoisotopic (exact) mass is 354 g/mol. The van der Waals surface area contributed by atoms with Crippen molar-refractivity contribution < 1.29 is 0 Å². The highest BCUT2D eigenvalue weighted by Gasteiger charge is 2.10. The summed E-state index contributed by atoms with van der Waals surface area (Å²) in [4.78, 5) is 4.37. The second-order valence-corrected chi connectivity index (χ2v) is 5.57. The Labute approximate surface area is 118 Å². The molecule has 0 radical (unpaired) electrons. The molecule has 4 heteroatoms. The highest BCUT2D eigenvalue weighted by Crippen LogP contribution is 2.23. The molecule has 0 amide bonds. The first-order chi connectivity index (χ1) is 8.16. The summed E-state index contributed by atoms with van der Waals surface area (Å²) in [7, 11) is 0. The first kappa shape index (κ1) is 12.7. The van der Waals surface area contributed by atoms with Gasteiger partial charge in [0.05, 0.1) is 5.69 Å². The lowest BCUT2D eigenvalue weighted by atomic mass is 10.0. The maximum atomic E-state index is 6.16. The van der Waals surface area contributed by atoms with E-state index in [-0.39, 0.29) is 6.04 Å². The minimum Gasteiger partial charge on any atom is -0.324 e. The van der Waals surface area contributed by atoms with Gasteiger partial charge in [-0.15, -0.1) is 0 Å². The number of hydrogen-bond acceptors (Lipinski definition) is 2. The van der Waals surface area contributed by atoms with Gasteiger partial charge in [-0.05, 0) is 43.5 Å². The Morgan fingerprint density at radius 1 is 1.18 bits per heavy atom. The van der Waals surface area contributed by atoms with Gasteiger partial charge in [0.1, 0.15) is 0 Å². The van der Waals surface area contributed by atoms with Crippen LogP contribution in [0.1, 0.15) is 17.3 Å². The second kappa shape index (κ2) is 5.76. The average Bonchev–Trinajstić information content (AvgIpc) is 2.34. The Balaban J connectivity index is 2.16. The number of nitrogens with two attached hydrogens (primary N) is 1. The Morgan fingerprint density at radius 2 is 1.88 bits per heavy atom. The van der Waals surface area contributed by atoms with Crippen molar-refractivity contribution in [2.24, 2.45) is 5.73 Å². The van der Waals surface area contributed by atoms with E-state index >= 15 is 0 Å². The predicted octanol–water partition coefficient (Wildman–Crippen LogP) is 3.85. The van der Waals surface area contributed by atoms with Gasteiger partial charge in [0, 0.05) is 27.6 Å². The molecule has 88 valence electrons. The molecule has 2 N–H and O–H groups in total. The van der Waals surface area contributed by atoms with Crippen LogP contribution in [0.3, 0.4) is 0 Å². The number of halogens is 2. The van der Waals surface area contributed by atoms with Gasteiger partial charge < -0.3 is 5.73 Å². The number of benzene rings is 1. The third-order valence-corrected chi connectivity index (χ3v) is 3.65. The summed E-state index contributed by atoms with van der Waals surface area (Å²) in [5, 5.41) is 0. The molecule has 2 aromatic rings. The molecule has 0 bridgehead atoms. The predicted molar refractivity (Wildman–Crippen MR) is 76.7 cm³/mol. The zero-order valence-electron chi connectivity index (χ0n) is 9.11. The molecule has 1 aromatic carbocycles. The first-order valence-electron chi connectivity index (χ1n) is 5.27. The number of hydrogen-bond donors (Lipinski definition) is 1. The number of rotatable bonds is 3. The van der Waals surface area contributed by atoms with Crippen molar-refractivity contribution in [2.75, 3.05) is 0 Å². The SMILES string of the molecule is NC(Cc1ncc(Br)cc1Br)c1ccccc1. The summed E-state index contributed by atoms with van der Waals surface area (Å²) in [5.41, 5.74) is 8.27. The van der Waals surface area contributed by atoms with Gasteiger partial charge in [0.25, 0.3) is 0 Å². The van der Waals surface area contributed by atoms with E-state index in [1.54, 1.807) is 6.20 Å². The van der Waals surface area contributed by atoms with Gasteiger partial charge in [0.2, 0.25) is 0 Å². The quantitative estimate of drug-likeness (QED) is 0.908. The normalized spacial score (nSPS) is 12.4. The van der Waals surface area contributed by atoms with Gasteiger partial charge in [0.15, 0.2) is 0 Å². The molecule has 0 saturated heterocycles. The van der Waals surface area contributed by atoms with E-state index in [4.69, 9.17) is 5.73 Å². The van der Waals surface area contributed by atoms with Crippen molar-refractivity contribution in [3.05, 3.63) is 62.8 Å². The smallest absolute Gasteiger partial charge is 0.0565 e. The molecule has 0 aliphatic rings. The highest BCUT2D eigenvalue weighted by atomic mass is 79.9. The van der Waals surface area contributed by atoms with E-state index in [0.717, 1.165) is 26.6 Å². The molecule has 0 fully saturated rings. The molecule has 0 saturated carbocycles. The molecule has 0 aliphatic heterocycles. The number of aromatic nitrogens is 1. The molecule has 1 atom stereocenters. The summed E-state index contributed by atoms with van der Waals surface area (Å²) in [6.45, 7) is 0. The van der Waals surface area contributed by atoms with E-state index in [0.29, 0.717) is 0 Å². The van der Waals surface area contributed by atoms with Crippen LogP contribution in [-0.2, 0) is 6.42 Å². The molecule has 1 heterocycles. The topological polar surface area (TPSA) is 38.9 Å². The van der Waals surface area contributed by atoms with Crippen LogP contribution in [0.2, 0.25) is 0 Å². The molecule has 17 heavy (non-hydrogen) atoms. The molecule has 1 unspecified atom stereocenters. The maximum Gasteiger partial charge on any atom is 0.0565 e. The van der Waals surface area contributed by atoms with E-state index in [9.17, 15) is 0 Å². The molecule has 0 spiro atoms. The Morgan fingerprint density at radius 3 is 2.53 bits per heavy atom. The van der Waals surface area contributed by atoms with Gasteiger partial charge in [-0.2, -0.15) is 0 Å². The van der Waals surface area contributed by atoms with Crippen molar-refractivity contribution in [1.82, 2.24) is 4.98 Å². The fraction of sp³-hybridized carbons (Fsp3) is 0.154. The molecular formula is C13H12Br2N2. The minimum atomic E-state index is -0.0267. The van der Waals surface area contributed by atoms with E-state index in [2.05, 4.69) is 36.8 Å². The van der Waals surface area contributed by atoms with Gasteiger partial charge in [-0.1, -0.05) is 30.3 Å². The summed E-state index contributed by atoms with van der Waals surface area (Å²) in [5.74, 6) is 0. The van der Waals surface area contributed by atoms with Crippen LogP contribution in [0.4, 0.5) is 0 Å². The number of pyridine rings is 1. The van der Waals surface area contributed by atoms with Crippen molar-refractivity contribution in [3.63, 3.8) is 0 Å². The zero-order valence-corrected chi connectivity index (χ0v) is 12.3. The van der Waals surface area contributed by atoms with Crippen LogP contribution in [0, 0.1) is 0 Å². The van der Waals surface area contributed by atoms with Gasteiger partial charge in [-0.25, -0.2) is 0 Å². The molecule has 0 aliphatic carbocycles. The van der Waals surface area contributed by atoms with Crippen molar-refractivity contribution >= 4 is 31.9 Å². The third kappa shape index (κ3) is 3.37. The van der Waals surface area contributed by atoms with Crippen molar-refractivity contribution in [3.8, 4) is 0 Å². The zero-order chi connectivity index (χ0) is 12.3. The molecule has 2 rings (SSSR count). The lowest BCUT2D eigenvalue weighted by molar-refractivity contribution is 0.704. The van der Waals surface area contributed by atoms with Crippen LogP contribution in [0.5, 0.6) is 0 Å². The largest absolute Gasteiger partial charge is 0.324 e. The van der Waals surface area contributed by atoms with E-state index in [1.165, 1.54) is 0 Å². The maximum absolute atomic E-state index is 6.16. The summed E-state index contributed by atoms with van der Waals surface area (Å²) >= 11 is 6.88. The van der Waals surface area contributed by atoms with Crippen LogP contribution in [0.15, 0.2) is 51.5 Å². The van der Waals surface area contributed by atoms with E-state index < -0.39 is 0 Å².